The fraction of sp³-hybridized carbons (Fsp3) is 0.758. The summed E-state index contributed by atoms with van der Waals surface area (Å²) in [6.45, 7) is 13.2. The molecule has 3 N–H and O–H groups in total. The molecule has 0 aromatic heterocycles. The van der Waals surface area contributed by atoms with Crippen molar-refractivity contribution in [3.8, 4) is 0 Å². The maximum Gasteiger partial charge on any atom is 0.410 e. The highest BCUT2D eigenvalue weighted by atomic mass is 16.6. The van der Waals surface area contributed by atoms with Crippen molar-refractivity contribution < 1.29 is 43.9 Å². The van der Waals surface area contributed by atoms with Crippen molar-refractivity contribution in [2.75, 3.05) is 26.3 Å². The second-order valence-electron chi connectivity index (χ2n) is 12.8. The second kappa shape index (κ2) is 16.2. The van der Waals surface area contributed by atoms with Gasteiger partial charge in [-0.25, -0.2) is 4.79 Å². The van der Waals surface area contributed by atoms with Crippen LogP contribution < -0.4 is 0 Å². The monoisotopic (exact) mass is 607 g/mol. The molecule has 3 rings (SSSR count). The van der Waals surface area contributed by atoms with E-state index in [9.17, 15) is 24.9 Å². The Balaban J connectivity index is 1.71. The SMILES string of the molecule is CCC(O)C(C)C1OC1CC(C)/C=C/C=C(\C)C1OC(=O)CC(O)CCC(C)(O)C(OC(=O)N2CCOCC2)/C=C\C1C. The van der Waals surface area contributed by atoms with Gasteiger partial charge in [0.05, 0.1) is 44.1 Å². The van der Waals surface area contributed by atoms with Gasteiger partial charge in [0.2, 0.25) is 0 Å². The maximum absolute atomic E-state index is 12.9. The molecule has 0 saturated carbocycles. The lowest BCUT2D eigenvalue weighted by molar-refractivity contribution is -0.151. The van der Waals surface area contributed by atoms with Gasteiger partial charge in [0.1, 0.15) is 11.7 Å². The number of aliphatic hydroxyl groups is 3. The average molecular weight is 608 g/mol. The zero-order valence-corrected chi connectivity index (χ0v) is 26.7. The van der Waals surface area contributed by atoms with Gasteiger partial charge in [-0.1, -0.05) is 52.0 Å². The minimum absolute atomic E-state index is 0.0967. The number of carbonyl (C=O) groups excluding carboxylic acids is 2. The Morgan fingerprint density at radius 1 is 1.26 bits per heavy atom. The summed E-state index contributed by atoms with van der Waals surface area (Å²) in [5.41, 5.74) is -0.646. The molecule has 10 heteroatoms. The van der Waals surface area contributed by atoms with Crippen LogP contribution in [0.4, 0.5) is 4.79 Å². The summed E-state index contributed by atoms with van der Waals surface area (Å²) in [5, 5.41) is 31.9. The highest BCUT2D eigenvalue weighted by molar-refractivity contribution is 5.70. The number of morpholine rings is 1. The number of cyclic esters (lactones) is 1. The molecule has 0 spiro atoms. The van der Waals surface area contributed by atoms with Gasteiger partial charge in [0, 0.05) is 24.9 Å². The van der Waals surface area contributed by atoms with Gasteiger partial charge in [-0.2, -0.15) is 0 Å². The lowest BCUT2D eigenvalue weighted by Gasteiger charge is -2.35. The molecule has 10 nitrogen and oxygen atoms in total. The largest absolute Gasteiger partial charge is 0.457 e. The van der Waals surface area contributed by atoms with Gasteiger partial charge in [0.25, 0.3) is 0 Å². The first kappa shape index (κ1) is 35.2. The van der Waals surface area contributed by atoms with Crippen molar-refractivity contribution in [1.29, 1.82) is 0 Å². The van der Waals surface area contributed by atoms with E-state index in [2.05, 4.69) is 13.0 Å². The van der Waals surface area contributed by atoms with Gasteiger partial charge < -0.3 is 39.2 Å². The highest BCUT2D eigenvalue weighted by Crippen LogP contribution is 2.36. The third-order valence-corrected chi connectivity index (χ3v) is 8.84. The summed E-state index contributed by atoms with van der Waals surface area (Å²) >= 11 is 0. The number of nitrogens with zero attached hydrogens (tertiary/aromatic N) is 1. The van der Waals surface area contributed by atoms with Crippen LogP contribution in [0, 0.1) is 17.8 Å². The summed E-state index contributed by atoms with van der Waals surface area (Å²) in [6, 6.07) is 0. The Morgan fingerprint density at radius 3 is 2.63 bits per heavy atom. The zero-order chi connectivity index (χ0) is 31.7. The number of aliphatic hydroxyl groups excluding tert-OH is 2. The molecule has 0 aromatic rings. The van der Waals surface area contributed by atoms with Crippen LogP contribution >= 0.6 is 0 Å². The Labute approximate surface area is 256 Å². The number of carbonyl (C=O) groups is 2. The minimum Gasteiger partial charge on any atom is -0.457 e. The molecule has 3 aliphatic rings. The Morgan fingerprint density at radius 2 is 1.95 bits per heavy atom. The molecule has 0 aliphatic carbocycles. The summed E-state index contributed by atoms with van der Waals surface area (Å²) in [7, 11) is 0. The number of hydrogen-bond donors (Lipinski definition) is 3. The van der Waals surface area contributed by atoms with E-state index in [1.807, 2.05) is 45.9 Å². The van der Waals surface area contributed by atoms with Crippen LogP contribution in [-0.4, -0.2) is 101 Å². The van der Waals surface area contributed by atoms with E-state index in [-0.39, 0.29) is 55.3 Å². The Kier molecular flexibility index (Phi) is 13.3. The molecule has 1 amide bonds. The highest BCUT2D eigenvalue weighted by Gasteiger charge is 2.45. The second-order valence-corrected chi connectivity index (χ2v) is 12.8. The van der Waals surface area contributed by atoms with Crippen molar-refractivity contribution in [3.05, 3.63) is 36.0 Å². The van der Waals surface area contributed by atoms with Crippen LogP contribution in [0.5, 0.6) is 0 Å². The fourth-order valence-corrected chi connectivity index (χ4v) is 5.72. The van der Waals surface area contributed by atoms with Crippen LogP contribution in [0.15, 0.2) is 36.0 Å². The first-order valence-corrected chi connectivity index (χ1v) is 15.8. The minimum atomic E-state index is -1.46. The van der Waals surface area contributed by atoms with Crippen molar-refractivity contribution in [2.45, 2.75) is 116 Å². The van der Waals surface area contributed by atoms with E-state index in [1.165, 1.54) is 0 Å². The van der Waals surface area contributed by atoms with Gasteiger partial charge in [-0.05, 0) is 57.1 Å². The summed E-state index contributed by atoms with van der Waals surface area (Å²) in [5.74, 6) is -0.461. The number of ether oxygens (including phenoxy) is 4. The summed E-state index contributed by atoms with van der Waals surface area (Å²) < 4.78 is 22.8. The fourth-order valence-electron chi connectivity index (χ4n) is 5.72. The van der Waals surface area contributed by atoms with Crippen molar-refractivity contribution in [1.82, 2.24) is 4.90 Å². The third kappa shape index (κ3) is 10.7. The Hall–Kier alpha value is -2.24. The number of hydrogen-bond acceptors (Lipinski definition) is 9. The summed E-state index contributed by atoms with van der Waals surface area (Å²) in [4.78, 5) is 27.2. The van der Waals surface area contributed by atoms with Crippen LogP contribution in [0.25, 0.3) is 0 Å². The third-order valence-electron chi connectivity index (χ3n) is 8.84. The van der Waals surface area contributed by atoms with Gasteiger partial charge in [0.15, 0.2) is 6.10 Å². The van der Waals surface area contributed by atoms with Gasteiger partial charge in [-0.15, -0.1) is 0 Å². The average Bonchev–Trinajstić information content (AvgIpc) is 3.74. The molecule has 10 atom stereocenters. The summed E-state index contributed by atoms with van der Waals surface area (Å²) in [6.07, 6.45) is 7.82. The van der Waals surface area contributed by atoms with Crippen LogP contribution in [0.1, 0.15) is 73.6 Å². The number of rotatable bonds is 9. The molecule has 0 bridgehead atoms. The van der Waals surface area contributed by atoms with Crippen molar-refractivity contribution in [2.24, 2.45) is 17.8 Å². The topological polar surface area (TPSA) is 138 Å². The first-order chi connectivity index (χ1) is 20.3. The predicted octanol–water partition coefficient (Wildman–Crippen LogP) is 3.93. The number of esters is 1. The van der Waals surface area contributed by atoms with E-state index in [1.54, 1.807) is 17.9 Å². The molecule has 10 unspecified atom stereocenters. The quantitative estimate of drug-likeness (QED) is 0.154. The van der Waals surface area contributed by atoms with E-state index >= 15 is 0 Å². The van der Waals surface area contributed by atoms with Gasteiger partial charge >= 0.3 is 12.1 Å². The molecule has 244 valence electrons. The predicted molar refractivity (Wildman–Crippen MR) is 162 cm³/mol. The molecule has 43 heavy (non-hydrogen) atoms. The molecule has 3 heterocycles. The van der Waals surface area contributed by atoms with E-state index in [4.69, 9.17) is 18.9 Å². The Bertz CT molecular complexity index is 1000. The molecular weight excluding hydrogens is 554 g/mol. The normalized spacial score (nSPS) is 35.7. The van der Waals surface area contributed by atoms with Crippen molar-refractivity contribution >= 4 is 12.1 Å². The van der Waals surface area contributed by atoms with Crippen LogP contribution in [-0.2, 0) is 23.7 Å². The molecule has 2 saturated heterocycles. The van der Waals surface area contributed by atoms with Gasteiger partial charge in [-0.3, -0.25) is 4.79 Å². The standard InChI is InChI=1S/C33H53NO9/c1-7-26(36)24(5)31-27(41-31)19-21(2)9-8-10-22(3)30-23(4)11-12-28(42-32(38)34-15-17-40-18-16-34)33(6,39)14-13-25(35)20-29(37)43-30/h8-12,21,23-28,30-31,35-36,39H,7,13-20H2,1-6H3/b9-8+,12-11-,22-10+. The van der Waals surface area contributed by atoms with E-state index < -0.39 is 36.0 Å². The first-order valence-electron chi connectivity index (χ1n) is 15.8. The van der Waals surface area contributed by atoms with Crippen LogP contribution in [0.2, 0.25) is 0 Å². The smallest absolute Gasteiger partial charge is 0.410 e. The molecule has 3 aliphatic heterocycles. The lowest BCUT2D eigenvalue weighted by Crippen LogP contribution is -2.47. The zero-order valence-electron chi connectivity index (χ0n) is 26.7. The maximum atomic E-state index is 12.9. The molecule has 2 fully saturated rings. The molecule has 0 radical (unpaired) electrons. The molecular formula is C33H53NO9. The number of epoxide rings is 1. The number of allylic oxidation sites excluding steroid dienone is 3. The molecule has 0 aromatic carbocycles. The van der Waals surface area contributed by atoms with E-state index in [0.717, 1.165) is 12.0 Å². The van der Waals surface area contributed by atoms with Crippen molar-refractivity contribution in [3.63, 3.8) is 0 Å². The number of amides is 1. The van der Waals surface area contributed by atoms with Crippen LogP contribution in [0.3, 0.4) is 0 Å². The van der Waals surface area contributed by atoms with E-state index in [0.29, 0.717) is 32.7 Å². The lowest BCUT2D eigenvalue weighted by atomic mass is 9.88.